The van der Waals surface area contributed by atoms with Crippen LogP contribution in [0.5, 0.6) is 0 Å². The maximum atomic E-state index is 12.7. The van der Waals surface area contributed by atoms with Gasteiger partial charge in [0.15, 0.2) is 5.78 Å². The zero-order valence-electron chi connectivity index (χ0n) is 11.3. The van der Waals surface area contributed by atoms with Crippen molar-refractivity contribution in [3.05, 3.63) is 0 Å². The van der Waals surface area contributed by atoms with Crippen molar-refractivity contribution in [1.82, 2.24) is 5.32 Å². The minimum absolute atomic E-state index is 0.0616. The fourth-order valence-corrected chi connectivity index (χ4v) is 2.14. The molecule has 1 rings (SSSR count). The summed E-state index contributed by atoms with van der Waals surface area (Å²) in [7, 11) is 0. The number of alkyl halides is 1. The molecule has 3 atom stereocenters. The molecule has 1 amide bonds. The number of rotatable bonds is 4. The summed E-state index contributed by atoms with van der Waals surface area (Å²) in [5.41, 5.74) is -0.828. The molecule has 0 heterocycles. The Labute approximate surface area is 102 Å². The molecule has 17 heavy (non-hydrogen) atoms. The number of hydrogen-bond donors (Lipinski definition) is 1. The Balaban J connectivity index is 2.65. The van der Waals surface area contributed by atoms with E-state index in [4.69, 9.17) is 0 Å². The normalized spacial score (nSPS) is 29.6. The molecule has 0 bridgehead atoms. The third-order valence-corrected chi connectivity index (χ3v) is 3.53. The van der Waals surface area contributed by atoms with Crippen LogP contribution in [-0.4, -0.2) is 24.4 Å². The van der Waals surface area contributed by atoms with Crippen molar-refractivity contribution in [1.29, 1.82) is 0 Å². The molecular formula is C13H22FNO2. The van der Waals surface area contributed by atoms with Gasteiger partial charge in [-0.15, -0.1) is 0 Å². The van der Waals surface area contributed by atoms with Gasteiger partial charge in [-0.1, -0.05) is 27.7 Å². The van der Waals surface area contributed by atoms with E-state index in [0.29, 0.717) is 6.42 Å². The second-order valence-corrected chi connectivity index (χ2v) is 6.46. The first kappa shape index (κ1) is 14.1. The molecule has 0 spiro atoms. The summed E-state index contributed by atoms with van der Waals surface area (Å²) < 4.78 is 12.7. The van der Waals surface area contributed by atoms with Crippen LogP contribution in [0, 0.1) is 16.7 Å². The highest BCUT2D eigenvalue weighted by Gasteiger charge is 2.55. The van der Waals surface area contributed by atoms with Crippen LogP contribution in [0.25, 0.3) is 0 Å². The quantitative estimate of drug-likeness (QED) is 0.822. The Kier molecular flexibility index (Phi) is 3.65. The van der Waals surface area contributed by atoms with Gasteiger partial charge < -0.3 is 5.32 Å². The number of carbonyl (C=O) groups excluding carboxylic acids is 2. The molecule has 4 heteroatoms. The van der Waals surface area contributed by atoms with Crippen molar-refractivity contribution in [2.45, 2.75) is 47.1 Å². The number of hydrogen-bond acceptors (Lipinski definition) is 2. The highest BCUT2D eigenvalue weighted by molar-refractivity contribution is 5.90. The molecule has 1 saturated carbocycles. The average molecular weight is 243 g/mol. The Bertz CT molecular complexity index is 335. The molecule has 1 N–H and O–H groups in total. The maximum absolute atomic E-state index is 12.7. The summed E-state index contributed by atoms with van der Waals surface area (Å²) in [6.07, 6.45) is 0.574. The number of nitrogens with one attached hydrogen (secondary N) is 1. The second kappa shape index (κ2) is 4.39. The molecular weight excluding hydrogens is 221 g/mol. The monoisotopic (exact) mass is 243 g/mol. The van der Waals surface area contributed by atoms with E-state index in [9.17, 15) is 14.0 Å². The van der Waals surface area contributed by atoms with Crippen LogP contribution in [-0.2, 0) is 9.59 Å². The van der Waals surface area contributed by atoms with Gasteiger partial charge in [-0.3, -0.25) is 14.0 Å². The standard InChI is InChI=1S/C13H22FNO2/c1-8(16)10(12(2,3)4)15-11(17)9-6-13(9,5)7-14/h9-10H,6-7H2,1-5H3,(H,15,17)/t9?,10-,13?/m1/s1. The smallest absolute Gasteiger partial charge is 0.224 e. The third kappa shape index (κ3) is 3.05. The zero-order valence-corrected chi connectivity index (χ0v) is 11.3. The lowest BCUT2D eigenvalue weighted by atomic mass is 9.84. The van der Waals surface area contributed by atoms with Gasteiger partial charge in [0.05, 0.1) is 12.7 Å². The van der Waals surface area contributed by atoms with Crippen LogP contribution in [0.2, 0.25) is 0 Å². The molecule has 2 unspecified atom stereocenters. The molecule has 0 aromatic rings. The first-order chi connectivity index (χ1) is 7.62. The summed E-state index contributed by atoms with van der Waals surface area (Å²) >= 11 is 0. The highest BCUT2D eigenvalue weighted by Crippen LogP contribution is 2.52. The van der Waals surface area contributed by atoms with Crippen LogP contribution >= 0.6 is 0 Å². The molecule has 3 nitrogen and oxygen atoms in total. The largest absolute Gasteiger partial charge is 0.346 e. The van der Waals surface area contributed by atoms with E-state index in [0.717, 1.165) is 0 Å². The zero-order chi connectivity index (χ0) is 13.4. The molecule has 0 aliphatic heterocycles. The summed E-state index contributed by atoms with van der Waals surface area (Å²) in [4.78, 5) is 23.4. The molecule has 0 aromatic heterocycles. The number of carbonyl (C=O) groups is 2. The first-order valence-electron chi connectivity index (χ1n) is 5.98. The van der Waals surface area contributed by atoms with E-state index in [1.165, 1.54) is 6.92 Å². The summed E-state index contributed by atoms with van der Waals surface area (Å²) in [6.45, 7) is 8.46. The minimum Gasteiger partial charge on any atom is -0.346 e. The molecule has 0 radical (unpaired) electrons. The van der Waals surface area contributed by atoms with E-state index in [1.807, 2.05) is 20.8 Å². The van der Waals surface area contributed by atoms with Crippen molar-refractivity contribution >= 4 is 11.7 Å². The SMILES string of the molecule is CC(=O)[C@@H](NC(=O)C1CC1(C)CF)C(C)(C)C. The van der Waals surface area contributed by atoms with Crippen molar-refractivity contribution in [2.24, 2.45) is 16.7 Å². The van der Waals surface area contributed by atoms with Crippen LogP contribution < -0.4 is 5.32 Å². The lowest BCUT2D eigenvalue weighted by Crippen LogP contribution is -2.49. The van der Waals surface area contributed by atoms with Gasteiger partial charge in [0.2, 0.25) is 5.91 Å². The number of amides is 1. The van der Waals surface area contributed by atoms with E-state index in [1.54, 1.807) is 6.92 Å². The number of ketones is 1. The van der Waals surface area contributed by atoms with Crippen LogP contribution in [0.1, 0.15) is 41.0 Å². The highest BCUT2D eigenvalue weighted by atomic mass is 19.1. The van der Waals surface area contributed by atoms with Gasteiger partial charge in [0.25, 0.3) is 0 Å². The lowest BCUT2D eigenvalue weighted by molar-refractivity contribution is -0.130. The van der Waals surface area contributed by atoms with Crippen LogP contribution in [0.3, 0.4) is 0 Å². The first-order valence-corrected chi connectivity index (χ1v) is 5.98. The Hall–Kier alpha value is -0.930. The van der Waals surface area contributed by atoms with Gasteiger partial charge in [0, 0.05) is 11.3 Å². The molecule has 1 fully saturated rings. The van der Waals surface area contributed by atoms with E-state index in [2.05, 4.69) is 5.32 Å². The molecule has 1 aliphatic rings. The Morgan fingerprint density at radius 2 is 2.00 bits per heavy atom. The van der Waals surface area contributed by atoms with Gasteiger partial charge >= 0.3 is 0 Å². The van der Waals surface area contributed by atoms with Gasteiger partial charge in [-0.2, -0.15) is 0 Å². The molecule has 1 aliphatic carbocycles. The fourth-order valence-electron chi connectivity index (χ4n) is 2.14. The van der Waals surface area contributed by atoms with E-state index in [-0.39, 0.29) is 23.0 Å². The maximum Gasteiger partial charge on any atom is 0.224 e. The van der Waals surface area contributed by atoms with Crippen LogP contribution in [0.15, 0.2) is 0 Å². The topological polar surface area (TPSA) is 46.2 Å². The third-order valence-electron chi connectivity index (χ3n) is 3.53. The number of halogens is 1. The fraction of sp³-hybridized carbons (Fsp3) is 0.846. The van der Waals surface area contributed by atoms with E-state index >= 15 is 0 Å². The molecule has 98 valence electrons. The van der Waals surface area contributed by atoms with Crippen molar-refractivity contribution in [3.63, 3.8) is 0 Å². The van der Waals surface area contributed by atoms with Crippen LogP contribution in [0.4, 0.5) is 4.39 Å². The van der Waals surface area contributed by atoms with Crippen molar-refractivity contribution in [2.75, 3.05) is 6.67 Å². The average Bonchev–Trinajstić information content (AvgIpc) is 2.85. The van der Waals surface area contributed by atoms with Gasteiger partial charge in [-0.25, -0.2) is 0 Å². The second-order valence-electron chi connectivity index (χ2n) is 6.46. The minimum atomic E-state index is -0.511. The Morgan fingerprint density at radius 1 is 1.47 bits per heavy atom. The van der Waals surface area contributed by atoms with E-state index < -0.39 is 18.1 Å². The predicted molar refractivity (Wildman–Crippen MR) is 64.3 cm³/mol. The summed E-state index contributed by atoms with van der Waals surface area (Å²) in [5, 5.41) is 2.75. The van der Waals surface area contributed by atoms with Gasteiger partial charge in [0.1, 0.15) is 0 Å². The lowest BCUT2D eigenvalue weighted by Gasteiger charge is -2.29. The summed E-state index contributed by atoms with van der Waals surface area (Å²) in [6, 6.07) is -0.500. The molecule has 0 aromatic carbocycles. The van der Waals surface area contributed by atoms with Crippen molar-refractivity contribution in [3.8, 4) is 0 Å². The van der Waals surface area contributed by atoms with Crippen molar-refractivity contribution < 1.29 is 14.0 Å². The predicted octanol–water partition coefficient (Wildman–Crippen LogP) is 2.10. The summed E-state index contributed by atoms with van der Waals surface area (Å²) in [5.74, 6) is -0.537. The molecule has 0 saturated heterocycles. The Morgan fingerprint density at radius 3 is 2.29 bits per heavy atom. The number of Topliss-reactive ketones (excluding diaryl/α,β-unsaturated/α-hetero) is 1. The van der Waals surface area contributed by atoms with Gasteiger partial charge in [-0.05, 0) is 18.8 Å².